The molecular weight excluding hydrogens is 607 g/mol. The van der Waals surface area contributed by atoms with E-state index in [9.17, 15) is 5.11 Å². The van der Waals surface area contributed by atoms with Crippen LogP contribution in [0.4, 0.5) is 0 Å². The fourth-order valence-corrected chi connectivity index (χ4v) is 6.92. The summed E-state index contributed by atoms with van der Waals surface area (Å²) in [6, 6.07) is 41.0. The second-order valence-corrected chi connectivity index (χ2v) is 11.1. The molecule has 0 saturated carbocycles. The van der Waals surface area contributed by atoms with Gasteiger partial charge in [0.1, 0.15) is 46.3 Å². The second-order valence-electron chi connectivity index (χ2n) is 9.47. The molecule has 1 heterocycles. The Labute approximate surface area is 243 Å². The Balaban J connectivity index is 1.50. The maximum absolute atomic E-state index is 11.1. The summed E-state index contributed by atoms with van der Waals surface area (Å²) in [6.07, 6.45) is -1.46. The van der Waals surface area contributed by atoms with E-state index in [1.165, 1.54) is 11.8 Å². The van der Waals surface area contributed by atoms with E-state index < -0.39 is 23.2 Å². The molecule has 0 spiro atoms. The van der Waals surface area contributed by atoms with Gasteiger partial charge in [0, 0.05) is 10.8 Å². The lowest BCUT2D eigenvalue weighted by Crippen LogP contribution is -2.54. The van der Waals surface area contributed by atoms with E-state index in [-0.39, 0.29) is 12.0 Å². The van der Waals surface area contributed by atoms with Crippen molar-refractivity contribution >= 4 is 34.8 Å². The van der Waals surface area contributed by atoms with Crippen LogP contribution in [0.5, 0.6) is 0 Å². The van der Waals surface area contributed by atoms with Crippen LogP contribution in [-0.2, 0) is 18.1 Å². The third-order valence-electron chi connectivity index (χ3n) is 7.13. The van der Waals surface area contributed by atoms with Crippen molar-refractivity contribution < 1.29 is 17.6 Å². The number of halogens is 1. The Kier molecular flexibility index (Phi) is 9.20. The zero-order valence-corrected chi connectivity index (χ0v) is 24.1. The lowest BCUT2D eigenvalue weighted by atomic mass is 9.80. The van der Waals surface area contributed by atoms with Crippen LogP contribution in [0.3, 0.4) is 0 Å². The molecule has 4 aromatic carbocycles. The molecule has 1 aliphatic rings. The number of hydrogen-bond donors (Lipinski definition) is 1. The van der Waals surface area contributed by atoms with Gasteiger partial charge in [-0.2, -0.15) is 0 Å². The first-order valence-electron chi connectivity index (χ1n) is 12.8. The summed E-state index contributed by atoms with van der Waals surface area (Å²) in [5.74, 6) is -0.0884. The zero-order valence-electron chi connectivity index (χ0n) is 21.1. The number of benzene rings is 4. The molecule has 0 aromatic heterocycles. The average molecular weight is 639 g/mol. The van der Waals surface area contributed by atoms with Crippen LogP contribution in [0.1, 0.15) is 23.6 Å². The zero-order chi connectivity index (χ0) is 26.4. The molecule has 0 radical (unpaired) electrons. The Morgan fingerprint density at radius 2 is 1.21 bits per heavy atom. The molecule has 4 aromatic rings. The van der Waals surface area contributed by atoms with Gasteiger partial charge in [-0.1, -0.05) is 128 Å². The molecule has 1 aliphatic heterocycles. The van der Waals surface area contributed by atoms with Gasteiger partial charge in [-0.05, 0) is 28.8 Å². The van der Waals surface area contributed by atoms with E-state index in [0.29, 0.717) is 6.61 Å². The molecule has 2 unspecified atom stereocenters. The molecule has 196 valence electrons. The first-order chi connectivity index (χ1) is 18.6. The van der Waals surface area contributed by atoms with E-state index in [0.717, 1.165) is 21.6 Å². The highest BCUT2D eigenvalue weighted by molar-refractivity contribution is 14.1. The average Bonchev–Trinajstić information content (AvgIpc) is 2.98. The molecule has 0 aliphatic carbocycles. The smallest absolute Gasteiger partial charge is 0.143 e. The summed E-state index contributed by atoms with van der Waals surface area (Å²) in [4.78, 5) is 1.03. The summed E-state index contributed by atoms with van der Waals surface area (Å²) in [6.45, 7) is 2.37. The first kappa shape index (κ1) is 27.4. The minimum absolute atomic E-state index is 0.0884. The molecule has 6 heteroatoms. The molecule has 4 nitrogen and oxygen atoms in total. The van der Waals surface area contributed by atoms with E-state index >= 15 is 0 Å². The van der Waals surface area contributed by atoms with Crippen molar-refractivity contribution in [3.05, 3.63) is 138 Å². The summed E-state index contributed by atoms with van der Waals surface area (Å²) < 4.78 is 19.4. The lowest BCUT2D eigenvalue weighted by Gasteiger charge is -2.44. The number of aliphatic hydroxyl groups excluding tert-OH is 1. The Hall–Kier alpha value is -2.20. The minimum Gasteiger partial charge on any atom is -0.387 e. The Morgan fingerprint density at radius 1 is 0.763 bits per heavy atom. The summed E-state index contributed by atoms with van der Waals surface area (Å²) in [5, 5.41) is 11.1. The van der Waals surface area contributed by atoms with Gasteiger partial charge in [-0.25, -0.2) is 0 Å². The van der Waals surface area contributed by atoms with Crippen molar-refractivity contribution in [1.29, 1.82) is 0 Å². The second kappa shape index (κ2) is 12.8. The molecule has 38 heavy (non-hydrogen) atoms. The summed E-state index contributed by atoms with van der Waals surface area (Å²) in [7, 11) is 0. The Bertz CT molecular complexity index is 1160. The van der Waals surface area contributed by atoms with Crippen molar-refractivity contribution in [3.8, 4) is 0 Å². The van der Waals surface area contributed by atoms with Gasteiger partial charge in [0.25, 0.3) is 0 Å². The van der Waals surface area contributed by atoms with Crippen molar-refractivity contribution in [3.63, 3.8) is 0 Å². The maximum Gasteiger partial charge on any atom is 0.143 e. The molecule has 0 amide bonds. The van der Waals surface area contributed by atoms with Gasteiger partial charge in [0.05, 0.1) is 12.7 Å². The fraction of sp³-hybridized carbons (Fsp3) is 0.250. The topological polar surface area (TPSA) is 47.9 Å². The minimum atomic E-state index is -0.842. The molecule has 5 rings (SSSR count). The highest BCUT2D eigenvalue weighted by Crippen LogP contribution is 2.43. The van der Waals surface area contributed by atoms with Gasteiger partial charge in [0.15, 0.2) is 0 Å². The van der Waals surface area contributed by atoms with Gasteiger partial charge in [-0.3, -0.25) is 0 Å². The normalized spacial score (nSPS) is 23.7. The molecule has 1 fully saturated rings. The van der Waals surface area contributed by atoms with Crippen LogP contribution < -0.4 is 0 Å². The Morgan fingerprint density at radius 3 is 1.66 bits per heavy atom. The van der Waals surface area contributed by atoms with Crippen molar-refractivity contribution in [1.82, 2.24) is 0 Å². The van der Waals surface area contributed by atoms with Gasteiger partial charge < -0.3 is 17.6 Å². The van der Waals surface area contributed by atoms with Crippen molar-refractivity contribution in [2.24, 2.45) is 5.92 Å². The fourth-order valence-electron chi connectivity index (χ4n) is 5.09. The lowest BCUT2D eigenvalue weighted by molar-refractivity contribution is -0.176. The van der Waals surface area contributed by atoms with E-state index in [1.54, 1.807) is 0 Å². The monoisotopic (exact) mass is 638 g/mol. The van der Waals surface area contributed by atoms with E-state index in [4.69, 9.17) is 12.5 Å². The van der Waals surface area contributed by atoms with E-state index in [2.05, 4.69) is 43.3 Å². The van der Waals surface area contributed by atoms with Gasteiger partial charge >= 0.3 is 0 Å². The highest BCUT2D eigenvalue weighted by atomic mass is 127. The SMILES string of the molecule is C[C@@H]1C(COC(c2ccccc2)(c2ccccc2)c2ccccc2)O[C@H](Sc2ccccc2)[C@H](O)C1OI. The van der Waals surface area contributed by atoms with Gasteiger partial charge in [0.2, 0.25) is 0 Å². The van der Waals surface area contributed by atoms with Crippen molar-refractivity contribution in [2.75, 3.05) is 6.61 Å². The molecule has 1 N–H and O–H groups in total. The predicted octanol–water partition coefficient (Wildman–Crippen LogP) is 7.24. The quantitative estimate of drug-likeness (QED) is 0.155. The molecular formula is C32H31IO4S. The highest BCUT2D eigenvalue weighted by Gasteiger charge is 2.46. The van der Waals surface area contributed by atoms with Gasteiger partial charge in [-0.15, -0.1) is 0 Å². The maximum atomic E-state index is 11.1. The number of aliphatic hydroxyl groups is 1. The third-order valence-corrected chi connectivity index (χ3v) is 8.89. The number of thioether (sulfide) groups is 1. The van der Waals surface area contributed by atoms with Crippen LogP contribution in [0, 0.1) is 5.92 Å². The van der Waals surface area contributed by atoms with Crippen molar-refractivity contribution in [2.45, 2.75) is 41.2 Å². The van der Waals surface area contributed by atoms with Crippen LogP contribution in [0.2, 0.25) is 0 Å². The van der Waals surface area contributed by atoms with Crippen LogP contribution >= 0.6 is 34.8 Å². The number of rotatable bonds is 9. The van der Waals surface area contributed by atoms with Crippen LogP contribution in [0.25, 0.3) is 0 Å². The van der Waals surface area contributed by atoms with Crippen LogP contribution in [0.15, 0.2) is 126 Å². The third kappa shape index (κ3) is 5.71. The standard InChI is InChI=1S/C32H31IO4S/c1-23-28(36-31(29(34)30(23)37-33)38-27-20-12-5-13-21-27)22-35-32(24-14-6-2-7-15-24,25-16-8-3-9-17-25)26-18-10-4-11-19-26/h2-21,23,28-31,34H,22H2,1H3/t23-,28?,29-,30?,31-/m1/s1. The molecule has 5 atom stereocenters. The largest absolute Gasteiger partial charge is 0.387 e. The molecule has 1 saturated heterocycles. The molecule has 0 bridgehead atoms. The number of ether oxygens (including phenoxy) is 2. The van der Waals surface area contributed by atoms with E-state index in [1.807, 2.05) is 108 Å². The predicted molar refractivity (Wildman–Crippen MR) is 160 cm³/mol. The number of hydrogen-bond acceptors (Lipinski definition) is 5. The summed E-state index contributed by atoms with van der Waals surface area (Å²) in [5.41, 5.74) is 1.79. The first-order valence-corrected chi connectivity index (χ1v) is 14.5. The van der Waals surface area contributed by atoms with Crippen LogP contribution in [-0.4, -0.2) is 35.5 Å². The summed E-state index contributed by atoms with van der Waals surface area (Å²) >= 11 is 3.40.